The second-order valence-corrected chi connectivity index (χ2v) is 10.5. The predicted molar refractivity (Wildman–Crippen MR) is 145 cm³/mol. The molecule has 39 heavy (non-hydrogen) atoms. The number of hydrogen-bond acceptors (Lipinski definition) is 10. The van der Waals surface area contributed by atoms with Gasteiger partial charge in [0.15, 0.2) is 0 Å². The number of thiazole rings is 1. The lowest BCUT2D eigenvalue weighted by molar-refractivity contribution is 0.0607. The zero-order valence-electron chi connectivity index (χ0n) is 21.2. The molecule has 10 nitrogen and oxygen atoms in total. The Balaban J connectivity index is 1.29. The molecule has 1 atom stereocenters. The average molecular weight is 541 g/mol. The fourth-order valence-electron chi connectivity index (χ4n) is 4.85. The first kappa shape index (κ1) is 24.8. The number of carboxylic acids is 1. The van der Waals surface area contributed by atoms with Crippen molar-refractivity contribution in [3.8, 4) is 22.0 Å². The maximum Gasteiger partial charge on any atom is 0.335 e. The standard InChI is InChI=1S/C28H24N6O4S/c1-15-10-21(31-24(11-15)32-23-13-18(7-9-29-23)25-34-33-16(2)38-25)22-14-30-27(39-22)28(37)8-3-4-17-12-19(26(35)36)5-6-20(17)28/h5-7,9-14,37H,3-4,8H2,1-2H3,(H,35,36)(H,29,31,32)/t28-/m1/s1. The summed E-state index contributed by atoms with van der Waals surface area (Å²) in [7, 11) is 0. The van der Waals surface area contributed by atoms with Crippen LogP contribution in [0.2, 0.25) is 0 Å². The topological polar surface area (TPSA) is 147 Å². The van der Waals surface area contributed by atoms with E-state index in [1.54, 1.807) is 37.5 Å². The molecule has 6 rings (SSSR count). The van der Waals surface area contributed by atoms with Crippen molar-refractivity contribution in [1.29, 1.82) is 0 Å². The van der Waals surface area contributed by atoms with Gasteiger partial charge in [-0.25, -0.2) is 19.7 Å². The minimum atomic E-state index is -1.28. The molecule has 0 unspecified atom stereocenters. The van der Waals surface area contributed by atoms with Crippen LogP contribution in [-0.4, -0.2) is 41.3 Å². The molecule has 196 valence electrons. The van der Waals surface area contributed by atoms with Gasteiger partial charge in [0.25, 0.3) is 0 Å². The first-order valence-electron chi connectivity index (χ1n) is 12.4. The number of hydrogen-bond donors (Lipinski definition) is 3. The third-order valence-corrected chi connectivity index (χ3v) is 7.82. The maximum atomic E-state index is 11.8. The number of anilines is 2. The zero-order valence-corrected chi connectivity index (χ0v) is 22.0. The van der Waals surface area contributed by atoms with Crippen molar-refractivity contribution in [3.05, 3.63) is 88.0 Å². The van der Waals surface area contributed by atoms with Crippen LogP contribution < -0.4 is 5.32 Å². The van der Waals surface area contributed by atoms with Crippen LogP contribution in [0.25, 0.3) is 22.0 Å². The van der Waals surface area contributed by atoms with Crippen LogP contribution in [0.4, 0.5) is 11.6 Å². The molecule has 1 aliphatic carbocycles. The minimum Gasteiger partial charge on any atom is -0.478 e. The Morgan fingerprint density at radius 2 is 1.95 bits per heavy atom. The number of aliphatic hydroxyl groups is 1. The van der Waals surface area contributed by atoms with E-state index in [-0.39, 0.29) is 5.56 Å². The molecule has 4 heterocycles. The Hall–Kier alpha value is -4.48. The number of nitrogens with one attached hydrogen (secondary N) is 1. The molecule has 3 N–H and O–H groups in total. The third kappa shape index (κ3) is 4.77. The fourth-order valence-corrected chi connectivity index (χ4v) is 5.86. The van der Waals surface area contributed by atoms with Gasteiger partial charge in [-0.05, 0) is 79.3 Å². The van der Waals surface area contributed by atoms with E-state index in [1.165, 1.54) is 17.4 Å². The van der Waals surface area contributed by atoms with Gasteiger partial charge in [-0.1, -0.05) is 6.07 Å². The van der Waals surface area contributed by atoms with Gasteiger partial charge < -0.3 is 19.9 Å². The Labute approximate surface area is 227 Å². The summed E-state index contributed by atoms with van der Waals surface area (Å²) in [6.07, 6.45) is 5.33. The van der Waals surface area contributed by atoms with E-state index in [2.05, 4.69) is 25.5 Å². The first-order valence-corrected chi connectivity index (χ1v) is 13.2. The van der Waals surface area contributed by atoms with Crippen molar-refractivity contribution < 1.29 is 19.4 Å². The molecule has 0 saturated carbocycles. The molecule has 1 aromatic carbocycles. The highest BCUT2D eigenvalue weighted by atomic mass is 32.1. The Bertz CT molecular complexity index is 1710. The van der Waals surface area contributed by atoms with E-state index < -0.39 is 11.6 Å². The summed E-state index contributed by atoms with van der Waals surface area (Å²) in [4.78, 5) is 26.0. The van der Waals surface area contributed by atoms with Crippen molar-refractivity contribution in [1.82, 2.24) is 25.1 Å². The van der Waals surface area contributed by atoms with Gasteiger partial charge in [0.2, 0.25) is 11.8 Å². The van der Waals surface area contributed by atoms with E-state index in [0.717, 1.165) is 28.0 Å². The van der Waals surface area contributed by atoms with Gasteiger partial charge in [0, 0.05) is 24.9 Å². The number of aryl methyl sites for hydroxylation is 3. The second kappa shape index (κ2) is 9.68. The second-order valence-electron chi connectivity index (χ2n) is 9.52. The quantitative estimate of drug-likeness (QED) is 0.260. The van der Waals surface area contributed by atoms with Crippen LogP contribution >= 0.6 is 11.3 Å². The summed E-state index contributed by atoms with van der Waals surface area (Å²) in [6, 6.07) is 12.4. The average Bonchev–Trinajstić information content (AvgIpc) is 3.59. The largest absolute Gasteiger partial charge is 0.478 e. The highest BCUT2D eigenvalue weighted by Gasteiger charge is 2.39. The SMILES string of the molecule is Cc1cc(Nc2cc(-c3nnc(C)o3)ccn2)nc(-c2cnc([C@@]3(O)CCCc4cc(C(=O)O)ccc43)s2)c1. The van der Waals surface area contributed by atoms with Crippen LogP contribution in [0.3, 0.4) is 0 Å². The van der Waals surface area contributed by atoms with Crippen molar-refractivity contribution in [2.24, 2.45) is 0 Å². The summed E-state index contributed by atoms with van der Waals surface area (Å²) in [5.41, 5.74) is 2.93. The van der Waals surface area contributed by atoms with Crippen LogP contribution in [0.5, 0.6) is 0 Å². The van der Waals surface area contributed by atoms with Gasteiger partial charge in [0.1, 0.15) is 22.2 Å². The van der Waals surface area contributed by atoms with Crippen molar-refractivity contribution >= 4 is 28.9 Å². The van der Waals surface area contributed by atoms with Gasteiger partial charge in [-0.3, -0.25) is 0 Å². The van der Waals surface area contributed by atoms with Crippen LogP contribution in [0.1, 0.15) is 50.8 Å². The number of carboxylic acid groups (broad SMARTS) is 1. The first-order chi connectivity index (χ1) is 18.8. The van der Waals surface area contributed by atoms with Gasteiger partial charge in [-0.2, -0.15) is 0 Å². The Kier molecular flexibility index (Phi) is 6.16. The summed E-state index contributed by atoms with van der Waals surface area (Å²) in [5.74, 6) is 1.09. The molecule has 0 radical (unpaired) electrons. The number of benzene rings is 1. The van der Waals surface area contributed by atoms with Crippen molar-refractivity contribution in [2.45, 2.75) is 38.7 Å². The molecule has 0 amide bonds. The number of carbonyl (C=O) groups is 1. The lowest BCUT2D eigenvalue weighted by Crippen LogP contribution is -2.32. The number of fused-ring (bicyclic) bond motifs is 1. The summed E-state index contributed by atoms with van der Waals surface area (Å²) in [5, 5.41) is 32.9. The molecule has 1 aliphatic rings. The van der Waals surface area contributed by atoms with E-state index in [9.17, 15) is 15.0 Å². The molecule has 0 aliphatic heterocycles. The van der Waals surface area contributed by atoms with Crippen LogP contribution in [0, 0.1) is 13.8 Å². The molecule has 0 spiro atoms. The fraction of sp³-hybridized carbons (Fsp3) is 0.214. The molecule has 0 bridgehead atoms. The monoisotopic (exact) mass is 540 g/mol. The zero-order chi connectivity index (χ0) is 27.1. The Morgan fingerprint density at radius 3 is 2.74 bits per heavy atom. The number of aromatic nitrogens is 5. The maximum absolute atomic E-state index is 11.8. The van der Waals surface area contributed by atoms with E-state index in [4.69, 9.17) is 9.40 Å². The molecule has 0 fully saturated rings. The molecule has 11 heteroatoms. The third-order valence-electron chi connectivity index (χ3n) is 6.65. The van der Waals surface area contributed by atoms with E-state index >= 15 is 0 Å². The van der Waals surface area contributed by atoms with Crippen LogP contribution in [-0.2, 0) is 12.0 Å². The van der Waals surface area contributed by atoms with E-state index in [1.807, 2.05) is 25.1 Å². The van der Waals surface area contributed by atoms with E-state index in [0.29, 0.717) is 52.5 Å². The Morgan fingerprint density at radius 1 is 1.08 bits per heavy atom. The number of pyridine rings is 2. The van der Waals surface area contributed by atoms with Crippen molar-refractivity contribution in [2.75, 3.05) is 5.32 Å². The van der Waals surface area contributed by atoms with Gasteiger partial charge in [-0.15, -0.1) is 21.5 Å². The predicted octanol–water partition coefficient (Wildman–Crippen LogP) is 5.28. The van der Waals surface area contributed by atoms with Crippen molar-refractivity contribution in [3.63, 3.8) is 0 Å². The highest BCUT2D eigenvalue weighted by molar-refractivity contribution is 7.15. The molecular formula is C28H24N6O4S. The molecule has 0 saturated heterocycles. The van der Waals surface area contributed by atoms with Gasteiger partial charge in [0.05, 0.1) is 16.1 Å². The van der Waals surface area contributed by atoms with Gasteiger partial charge >= 0.3 is 5.97 Å². The lowest BCUT2D eigenvalue weighted by Gasteiger charge is -2.33. The smallest absolute Gasteiger partial charge is 0.335 e. The molecule has 4 aromatic heterocycles. The molecular weight excluding hydrogens is 516 g/mol. The number of rotatable bonds is 6. The number of nitrogens with zero attached hydrogens (tertiary/aromatic N) is 5. The highest BCUT2D eigenvalue weighted by Crippen LogP contribution is 2.43. The molecule has 5 aromatic rings. The summed E-state index contributed by atoms with van der Waals surface area (Å²) < 4.78 is 5.52. The lowest BCUT2D eigenvalue weighted by atomic mass is 9.79. The van der Waals surface area contributed by atoms with Crippen LogP contribution in [0.15, 0.2) is 59.3 Å². The normalized spacial score (nSPS) is 16.6. The minimum absolute atomic E-state index is 0.217. The summed E-state index contributed by atoms with van der Waals surface area (Å²) >= 11 is 1.38. The number of aromatic carboxylic acids is 1. The summed E-state index contributed by atoms with van der Waals surface area (Å²) in [6.45, 7) is 3.72.